The minimum Gasteiger partial charge on any atom is -0.282 e. The summed E-state index contributed by atoms with van der Waals surface area (Å²) in [5.74, 6) is 0. The molecule has 0 atom stereocenters. The Morgan fingerprint density at radius 3 is 2.79 bits per heavy atom. The van der Waals surface area contributed by atoms with Crippen LogP contribution in [0.15, 0.2) is 59.4 Å². The average Bonchev–Trinajstić information content (AvgIpc) is 2.48. The molecule has 1 heterocycles. The lowest BCUT2D eigenvalue weighted by Gasteiger charge is -2.04. The van der Waals surface area contributed by atoms with Gasteiger partial charge in [-0.1, -0.05) is 36.4 Å². The van der Waals surface area contributed by atoms with E-state index in [-0.39, 0.29) is 0 Å². The van der Waals surface area contributed by atoms with Crippen LogP contribution in [0.1, 0.15) is 5.56 Å². The molecule has 1 aliphatic heterocycles. The van der Waals surface area contributed by atoms with Crippen molar-refractivity contribution in [2.75, 3.05) is 0 Å². The Balaban J connectivity index is 2.08. The quantitative estimate of drug-likeness (QED) is 0.749. The lowest BCUT2D eigenvalue weighted by molar-refractivity contribution is 0.851. The van der Waals surface area contributed by atoms with Crippen LogP contribution in [0.3, 0.4) is 0 Å². The zero-order valence-corrected chi connectivity index (χ0v) is 7.85. The van der Waals surface area contributed by atoms with Crippen molar-refractivity contribution >= 4 is 6.21 Å². The summed E-state index contributed by atoms with van der Waals surface area (Å²) in [5.41, 5.74) is 5.40. The van der Waals surface area contributed by atoms with Gasteiger partial charge < -0.3 is 0 Å². The first-order chi connectivity index (χ1) is 6.95. The van der Waals surface area contributed by atoms with Crippen molar-refractivity contribution in [3.05, 3.63) is 59.8 Å². The number of allylic oxidation sites excluding steroid dienone is 4. The van der Waals surface area contributed by atoms with E-state index in [1.165, 1.54) is 5.56 Å². The summed E-state index contributed by atoms with van der Waals surface area (Å²) < 4.78 is 0. The zero-order valence-electron chi connectivity index (χ0n) is 7.85. The summed E-state index contributed by atoms with van der Waals surface area (Å²) in [4.78, 5) is 0. The van der Waals surface area contributed by atoms with Crippen molar-refractivity contribution < 1.29 is 0 Å². The van der Waals surface area contributed by atoms with E-state index in [2.05, 4.69) is 22.7 Å². The smallest absolute Gasteiger partial charge is 0.0472 e. The maximum atomic E-state index is 4.02. The van der Waals surface area contributed by atoms with Gasteiger partial charge in [-0.25, -0.2) is 0 Å². The second-order valence-corrected chi connectivity index (χ2v) is 3.13. The maximum Gasteiger partial charge on any atom is 0.0472 e. The average molecular weight is 184 g/mol. The van der Waals surface area contributed by atoms with Gasteiger partial charge in [0.1, 0.15) is 0 Å². The van der Waals surface area contributed by atoms with E-state index in [9.17, 15) is 0 Å². The molecule has 0 aromatic heterocycles. The molecule has 2 nitrogen and oxygen atoms in total. The first-order valence-corrected chi connectivity index (χ1v) is 4.64. The van der Waals surface area contributed by atoms with Crippen LogP contribution in [0.5, 0.6) is 0 Å². The van der Waals surface area contributed by atoms with Gasteiger partial charge in [-0.05, 0) is 17.7 Å². The van der Waals surface area contributed by atoms with Gasteiger partial charge in [0.05, 0.1) is 0 Å². The molecule has 14 heavy (non-hydrogen) atoms. The van der Waals surface area contributed by atoms with Crippen LogP contribution in [0.2, 0.25) is 0 Å². The lowest BCUT2D eigenvalue weighted by atomic mass is 10.1. The summed E-state index contributed by atoms with van der Waals surface area (Å²) in [6, 6.07) is 10.3. The Morgan fingerprint density at radius 2 is 1.93 bits per heavy atom. The molecule has 2 rings (SSSR count). The van der Waals surface area contributed by atoms with Gasteiger partial charge in [-0.15, -0.1) is 0 Å². The third kappa shape index (κ3) is 2.33. The molecule has 0 bridgehead atoms. The Labute approximate surface area is 83.7 Å². The molecule has 2 heteroatoms. The molecule has 0 fully saturated rings. The molecule has 1 aromatic carbocycles. The molecule has 1 aromatic rings. The Kier molecular flexibility index (Phi) is 2.76. The van der Waals surface area contributed by atoms with Crippen LogP contribution < -0.4 is 5.43 Å². The van der Waals surface area contributed by atoms with Crippen molar-refractivity contribution in [1.82, 2.24) is 5.43 Å². The summed E-state index contributed by atoms with van der Waals surface area (Å²) in [6.07, 6.45) is 8.57. The highest BCUT2D eigenvalue weighted by Gasteiger charge is 1.97. The van der Waals surface area contributed by atoms with E-state index in [1.54, 1.807) is 6.21 Å². The summed E-state index contributed by atoms with van der Waals surface area (Å²) >= 11 is 0. The summed E-state index contributed by atoms with van der Waals surface area (Å²) in [5, 5.41) is 4.02. The zero-order chi connectivity index (χ0) is 9.64. The Hall–Kier alpha value is -1.83. The number of hydrogen-bond donors (Lipinski definition) is 1. The van der Waals surface area contributed by atoms with Gasteiger partial charge in [0.15, 0.2) is 0 Å². The van der Waals surface area contributed by atoms with Gasteiger partial charge in [-0.2, -0.15) is 5.10 Å². The molecule has 0 amide bonds. The lowest BCUT2D eigenvalue weighted by Crippen LogP contribution is -2.06. The molecule has 1 N–H and O–H groups in total. The predicted octanol–water partition coefficient (Wildman–Crippen LogP) is 2.26. The third-order valence-corrected chi connectivity index (χ3v) is 2.01. The van der Waals surface area contributed by atoms with Gasteiger partial charge in [0.25, 0.3) is 0 Å². The predicted molar refractivity (Wildman–Crippen MR) is 59.0 cm³/mol. The maximum absolute atomic E-state index is 4.02. The van der Waals surface area contributed by atoms with Crippen molar-refractivity contribution in [3.8, 4) is 0 Å². The van der Waals surface area contributed by atoms with Crippen LogP contribution >= 0.6 is 0 Å². The van der Waals surface area contributed by atoms with E-state index < -0.39 is 0 Å². The summed E-state index contributed by atoms with van der Waals surface area (Å²) in [7, 11) is 0. The third-order valence-electron chi connectivity index (χ3n) is 2.01. The monoisotopic (exact) mass is 184 g/mol. The molecular weight excluding hydrogens is 172 g/mol. The minimum atomic E-state index is 0.891. The van der Waals surface area contributed by atoms with Crippen LogP contribution in [-0.4, -0.2) is 6.21 Å². The molecule has 1 aliphatic rings. The molecule has 70 valence electrons. The Bertz CT molecular complexity index is 375. The molecule has 0 aliphatic carbocycles. The molecule has 0 unspecified atom stereocenters. The number of nitrogens with one attached hydrogen (secondary N) is 1. The van der Waals surface area contributed by atoms with Crippen LogP contribution in [0, 0.1) is 0 Å². The largest absolute Gasteiger partial charge is 0.282 e. The highest BCUT2D eigenvalue weighted by Crippen LogP contribution is 2.06. The van der Waals surface area contributed by atoms with E-state index in [0.29, 0.717) is 0 Å². The van der Waals surface area contributed by atoms with Crippen LogP contribution in [0.4, 0.5) is 0 Å². The van der Waals surface area contributed by atoms with E-state index in [4.69, 9.17) is 0 Å². The second kappa shape index (κ2) is 4.42. The van der Waals surface area contributed by atoms with Crippen LogP contribution in [-0.2, 0) is 6.42 Å². The standard InChI is InChI=1S/C12H12N2/c1-2-6-11(7-3-1)10-12-8-4-5-9-13-14-12/h1-9,14H,10H2. The number of hydrogen-bond acceptors (Lipinski definition) is 2. The number of nitrogens with zero attached hydrogens (tertiary/aromatic N) is 1. The number of hydrazone groups is 1. The molecule has 0 spiro atoms. The number of rotatable bonds is 2. The van der Waals surface area contributed by atoms with Crippen LogP contribution in [0.25, 0.3) is 0 Å². The van der Waals surface area contributed by atoms with Crippen molar-refractivity contribution in [3.63, 3.8) is 0 Å². The van der Waals surface area contributed by atoms with Gasteiger partial charge >= 0.3 is 0 Å². The second-order valence-electron chi connectivity index (χ2n) is 3.13. The van der Waals surface area contributed by atoms with E-state index in [1.807, 2.05) is 36.4 Å². The number of benzene rings is 1. The molecule has 0 saturated carbocycles. The Morgan fingerprint density at radius 1 is 1.07 bits per heavy atom. The highest BCUT2D eigenvalue weighted by atomic mass is 15.3. The fourth-order valence-corrected chi connectivity index (χ4v) is 1.34. The van der Waals surface area contributed by atoms with E-state index >= 15 is 0 Å². The van der Waals surface area contributed by atoms with E-state index in [0.717, 1.165) is 12.1 Å². The van der Waals surface area contributed by atoms with Gasteiger partial charge in [0, 0.05) is 18.3 Å². The molecule has 0 saturated heterocycles. The fourth-order valence-electron chi connectivity index (χ4n) is 1.34. The van der Waals surface area contributed by atoms with Crippen molar-refractivity contribution in [2.45, 2.75) is 6.42 Å². The van der Waals surface area contributed by atoms with Gasteiger partial charge in [-0.3, -0.25) is 5.43 Å². The first kappa shape index (κ1) is 8.75. The highest BCUT2D eigenvalue weighted by molar-refractivity contribution is 5.71. The van der Waals surface area contributed by atoms with Gasteiger partial charge in [0.2, 0.25) is 0 Å². The van der Waals surface area contributed by atoms with Crippen molar-refractivity contribution in [1.29, 1.82) is 0 Å². The SMILES string of the molecule is C1=CC=C(Cc2ccccc2)NN=C1. The van der Waals surface area contributed by atoms with Crippen molar-refractivity contribution in [2.24, 2.45) is 5.10 Å². The normalized spacial score (nSPS) is 14.4. The first-order valence-electron chi connectivity index (χ1n) is 4.64. The summed E-state index contributed by atoms with van der Waals surface area (Å²) in [6.45, 7) is 0. The topological polar surface area (TPSA) is 24.4 Å². The molecular formula is C12H12N2. The minimum absolute atomic E-state index is 0.891. The molecule has 0 radical (unpaired) electrons. The fraction of sp³-hybridized carbons (Fsp3) is 0.0833.